The number of hydrogen-bond acceptors (Lipinski definition) is 2. The van der Waals surface area contributed by atoms with Gasteiger partial charge in [-0.3, -0.25) is 10.1 Å². The molecular weight excluding hydrogens is 224 g/mol. The van der Waals surface area contributed by atoms with Gasteiger partial charge in [-0.15, -0.1) is 0 Å². The van der Waals surface area contributed by atoms with Crippen LogP contribution in [0.15, 0.2) is 0 Å². The van der Waals surface area contributed by atoms with E-state index >= 15 is 0 Å². The van der Waals surface area contributed by atoms with Crippen LogP contribution in [0.2, 0.25) is 0 Å². The maximum Gasteiger partial charge on any atom is 0.241 e. The monoisotopic (exact) mass is 252 g/mol. The Balaban J connectivity index is 1.94. The summed E-state index contributed by atoms with van der Waals surface area (Å²) >= 11 is 0. The second-order valence-electron chi connectivity index (χ2n) is 6.48. The maximum absolute atomic E-state index is 12.4. The van der Waals surface area contributed by atoms with Gasteiger partial charge in [-0.25, -0.2) is 0 Å². The molecule has 3 nitrogen and oxygen atoms in total. The molecule has 1 amide bonds. The van der Waals surface area contributed by atoms with Gasteiger partial charge in [-0.05, 0) is 37.5 Å². The minimum Gasteiger partial charge on any atom is -0.326 e. The minimum absolute atomic E-state index is 0.0452. The number of nitrogens with zero attached hydrogens (tertiary/aromatic N) is 1. The Morgan fingerprint density at radius 2 is 2.11 bits per heavy atom. The SMILES string of the molecule is CCC(C)C1NC(C)N(CC2CCC(C)C2)C1=O. The summed E-state index contributed by atoms with van der Waals surface area (Å²) in [6.45, 7) is 9.74. The van der Waals surface area contributed by atoms with E-state index in [1.807, 2.05) is 0 Å². The van der Waals surface area contributed by atoms with E-state index in [0.29, 0.717) is 11.8 Å². The van der Waals surface area contributed by atoms with Crippen molar-refractivity contribution in [3.63, 3.8) is 0 Å². The zero-order valence-corrected chi connectivity index (χ0v) is 12.3. The molecule has 1 saturated heterocycles. The van der Waals surface area contributed by atoms with Crippen LogP contribution in [-0.4, -0.2) is 29.6 Å². The molecule has 1 heterocycles. The van der Waals surface area contributed by atoms with Crippen LogP contribution in [-0.2, 0) is 4.79 Å². The summed E-state index contributed by atoms with van der Waals surface area (Å²) in [5, 5.41) is 3.47. The maximum atomic E-state index is 12.4. The van der Waals surface area contributed by atoms with Crippen molar-refractivity contribution in [3.05, 3.63) is 0 Å². The Labute approximate surface area is 111 Å². The van der Waals surface area contributed by atoms with E-state index in [1.54, 1.807) is 0 Å². The quantitative estimate of drug-likeness (QED) is 0.834. The molecule has 5 unspecified atom stereocenters. The number of rotatable bonds is 4. The van der Waals surface area contributed by atoms with Gasteiger partial charge in [0.2, 0.25) is 5.91 Å². The normalized spacial score (nSPS) is 38.4. The first-order valence-electron chi connectivity index (χ1n) is 7.59. The van der Waals surface area contributed by atoms with E-state index in [0.717, 1.165) is 24.8 Å². The van der Waals surface area contributed by atoms with Gasteiger partial charge in [0.15, 0.2) is 0 Å². The largest absolute Gasteiger partial charge is 0.326 e. The summed E-state index contributed by atoms with van der Waals surface area (Å²) in [6.07, 6.45) is 5.21. The first-order chi connectivity index (χ1) is 8.52. The molecule has 2 fully saturated rings. The Morgan fingerprint density at radius 1 is 1.39 bits per heavy atom. The minimum atomic E-state index is 0.0452. The fourth-order valence-electron chi connectivity index (χ4n) is 3.45. The highest BCUT2D eigenvalue weighted by Gasteiger charge is 2.40. The molecule has 18 heavy (non-hydrogen) atoms. The van der Waals surface area contributed by atoms with Crippen LogP contribution in [0.1, 0.15) is 53.4 Å². The third-order valence-electron chi connectivity index (χ3n) is 4.91. The first-order valence-corrected chi connectivity index (χ1v) is 7.59. The molecular formula is C15H28N2O. The van der Waals surface area contributed by atoms with Crippen molar-refractivity contribution in [3.8, 4) is 0 Å². The molecule has 1 aliphatic heterocycles. The topological polar surface area (TPSA) is 32.3 Å². The van der Waals surface area contributed by atoms with Crippen molar-refractivity contribution in [2.75, 3.05) is 6.54 Å². The van der Waals surface area contributed by atoms with E-state index in [4.69, 9.17) is 0 Å². The van der Waals surface area contributed by atoms with Crippen molar-refractivity contribution < 1.29 is 4.79 Å². The van der Waals surface area contributed by atoms with Crippen molar-refractivity contribution in [2.24, 2.45) is 17.8 Å². The van der Waals surface area contributed by atoms with Crippen LogP contribution in [0.3, 0.4) is 0 Å². The van der Waals surface area contributed by atoms with Gasteiger partial charge in [-0.1, -0.05) is 33.6 Å². The van der Waals surface area contributed by atoms with Crippen LogP contribution in [0.25, 0.3) is 0 Å². The van der Waals surface area contributed by atoms with Crippen molar-refractivity contribution in [1.82, 2.24) is 10.2 Å². The lowest BCUT2D eigenvalue weighted by atomic mass is 9.99. The molecule has 2 aliphatic rings. The standard InChI is InChI=1S/C15H28N2O/c1-5-11(3)14-15(18)17(12(4)16-14)9-13-7-6-10(2)8-13/h10-14,16H,5-9H2,1-4H3. The van der Waals surface area contributed by atoms with Gasteiger partial charge in [0.25, 0.3) is 0 Å². The van der Waals surface area contributed by atoms with Crippen molar-refractivity contribution in [1.29, 1.82) is 0 Å². The van der Waals surface area contributed by atoms with E-state index in [1.165, 1.54) is 19.3 Å². The summed E-state index contributed by atoms with van der Waals surface area (Å²) in [6, 6.07) is 0.0452. The lowest BCUT2D eigenvalue weighted by Gasteiger charge is -2.24. The Bertz CT molecular complexity index is 305. The van der Waals surface area contributed by atoms with E-state index in [9.17, 15) is 4.79 Å². The lowest BCUT2D eigenvalue weighted by molar-refractivity contribution is -0.131. The summed E-state index contributed by atoms with van der Waals surface area (Å²) in [5.41, 5.74) is 0. The van der Waals surface area contributed by atoms with E-state index < -0.39 is 0 Å². The zero-order chi connectivity index (χ0) is 13.3. The van der Waals surface area contributed by atoms with Gasteiger partial charge in [0.1, 0.15) is 0 Å². The van der Waals surface area contributed by atoms with Gasteiger partial charge in [0, 0.05) is 6.54 Å². The zero-order valence-electron chi connectivity index (χ0n) is 12.3. The van der Waals surface area contributed by atoms with Crippen LogP contribution < -0.4 is 5.32 Å². The number of amides is 1. The molecule has 1 saturated carbocycles. The summed E-state index contributed by atoms with van der Waals surface area (Å²) in [7, 11) is 0. The Hall–Kier alpha value is -0.570. The fourth-order valence-corrected chi connectivity index (χ4v) is 3.45. The molecule has 104 valence electrons. The number of hydrogen-bond donors (Lipinski definition) is 1. The van der Waals surface area contributed by atoms with Gasteiger partial charge >= 0.3 is 0 Å². The predicted octanol–water partition coefficient (Wildman–Crippen LogP) is 2.62. The molecule has 2 rings (SSSR count). The van der Waals surface area contributed by atoms with Gasteiger partial charge < -0.3 is 4.90 Å². The number of carbonyl (C=O) groups excluding carboxylic acids is 1. The summed E-state index contributed by atoms with van der Waals surface area (Å²) in [4.78, 5) is 14.5. The highest BCUT2D eigenvalue weighted by molar-refractivity contribution is 5.84. The van der Waals surface area contributed by atoms with Crippen molar-refractivity contribution >= 4 is 5.91 Å². The van der Waals surface area contributed by atoms with Crippen molar-refractivity contribution in [2.45, 2.75) is 65.6 Å². The fraction of sp³-hybridized carbons (Fsp3) is 0.933. The van der Waals surface area contributed by atoms with Crippen LogP contribution >= 0.6 is 0 Å². The van der Waals surface area contributed by atoms with Gasteiger partial charge in [-0.2, -0.15) is 0 Å². The molecule has 1 N–H and O–H groups in total. The molecule has 0 aromatic rings. The highest BCUT2D eigenvalue weighted by atomic mass is 16.2. The molecule has 0 spiro atoms. The van der Waals surface area contributed by atoms with E-state index in [2.05, 4.69) is 37.9 Å². The molecule has 3 heteroatoms. The average molecular weight is 252 g/mol. The molecule has 0 aromatic heterocycles. The highest BCUT2D eigenvalue weighted by Crippen LogP contribution is 2.32. The Morgan fingerprint density at radius 3 is 2.67 bits per heavy atom. The molecule has 5 atom stereocenters. The molecule has 0 bridgehead atoms. The third kappa shape index (κ3) is 2.71. The van der Waals surface area contributed by atoms with E-state index in [-0.39, 0.29) is 12.2 Å². The average Bonchev–Trinajstić information content (AvgIpc) is 2.87. The molecule has 0 aromatic carbocycles. The lowest BCUT2D eigenvalue weighted by Crippen LogP contribution is -2.38. The third-order valence-corrected chi connectivity index (χ3v) is 4.91. The molecule has 0 radical (unpaired) electrons. The second kappa shape index (κ2) is 5.60. The number of nitrogens with one attached hydrogen (secondary N) is 1. The van der Waals surface area contributed by atoms with Gasteiger partial charge in [0.05, 0.1) is 12.2 Å². The first kappa shape index (κ1) is 13.9. The molecule has 1 aliphatic carbocycles. The Kier molecular flexibility index (Phi) is 4.31. The van der Waals surface area contributed by atoms with Crippen LogP contribution in [0, 0.1) is 17.8 Å². The summed E-state index contributed by atoms with van der Waals surface area (Å²) in [5.74, 6) is 2.34. The van der Waals surface area contributed by atoms with Crippen LogP contribution in [0.5, 0.6) is 0 Å². The predicted molar refractivity (Wildman–Crippen MR) is 74.1 cm³/mol. The van der Waals surface area contributed by atoms with Crippen LogP contribution in [0.4, 0.5) is 0 Å². The number of carbonyl (C=O) groups is 1. The smallest absolute Gasteiger partial charge is 0.241 e. The summed E-state index contributed by atoms with van der Waals surface area (Å²) < 4.78 is 0. The second-order valence-corrected chi connectivity index (χ2v) is 6.48.